The molecule has 0 spiro atoms. The van der Waals surface area contributed by atoms with Gasteiger partial charge in [-0.25, -0.2) is 4.79 Å². The molecule has 1 fully saturated rings. The van der Waals surface area contributed by atoms with E-state index in [1.807, 2.05) is 47.4 Å². The maximum atomic E-state index is 13.3. The van der Waals surface area contributed by atoms with E-state index >= 15 is 0 Å². The van der Waals surface area contributed by atoms with Crippen molar-refractivity contribution in [3.8, 4) is 28.7 Å². The Hall–Kier alpha value is -4.58. The molecule has 38 heavy (non-hydrogen) atoms. The summed E-state index contributed by atoms with van der Waals surface area (Å²) in [5.41, 5.74) is 2.42. The highest BCUT2D eigenvalue weighted by atomic mass is 16.5. The molecule has 9 nitrogen and oxygen atoms in total. The van der Waals surface area contributed by atoms with Crippen LogP contribution in [0.5, 0.6) is 5.75 Å². The third-order valence-electron chi connectivity index (χ3n) is 6.71. The van der Waals surface area contributed by atoms with Crippen LogP contribution in [0, 0.1) is 17.8 Å². The number of hydrogen-bond acceptors (Lipinski definition) is 5. The van der Waals surface area contributed by atoms with E-state index in [0.29, 0.717) is 29.3 Å². The first-order chi connectivity index (χ1) is 18.3. The van der Waals surface area contributed by atoms with Gasteiger partial charge in [0.2, 0.25) is 0 Å². The molecule has 4 amide bonds. The predicted molar refractivity (Wildman–Crippen MR) is 141 cm³/mol. The molecule has 2 aliphatic heterocycles. The molecule has 0 aliphatic carbocycles. The smallest absolute Gasteiger partial charge is 0.322 e. The first kappa shape index (κ1) is 25.1. The molecule has 9 heteroatoms. The topological polar surface area (TPSA) is 106 Å². The molecule has 3 heterocycles. The van der Waals surface area contributed by atoms with Gasteiger partial charge in [-0.05, 0) is 41.7 Å². The molecule has 0 unspecified atom stereocenters. The summed E-state index contributed by atoms with van der Waals surface area (Å²) in [7, 11) is 0. The number of rotatable bonds is 8. The Balaban J connectivity index is 1.39. The standard InChI is InChI=1S/C29H29N5O4/c1-4-5-12-38-24-11-8-21-16-33(26(35)25(21)13-24)18-29(27(36)31-28(37)32-29)23-9-6-20(7-10-23)22-14-30-34(17-22)15-19(2)3/h6-11,13-14,17,19H,12,15-16,18H2,1-3H3,(H2,31,32,36,37)/t29-/m0/s1. The number of carbonyl (C=O) groups is 3. The van der Waals surface area contributed by atoms with Crippen LogP contribution < -0.4 is 15.4 Å². The highest BCUT2D eigenvalue weighted by Gasteiger charge is 2.50. The third kappa shape index (κ3) is 4.73. The lowest BCUT2D eigenvalue weighted by molar-refractivity contribution is -0.124. The Bertz CT molecular complexity index is 1460. The van der Waals surface area contributed by atoms with Gasteiger partial charge >= 0.3 is 6.03 Å². The van der Waals surface area contributed by atoms with E-state index in [1.54, 1.807) is 24.0 Å². The molecule has 2 aliphatic rings. The molecule has 194 valence electrons. The Morgan fingerprint density at radius 1 is 1.11 bits per heavy atom. The van der Waals surface area contributed by atoms with Crippen LogP contribution in [0.1, 0.15) is 42.3 Å². The fourth-order valence-electron chi connectivity index (χ4n) is 4.87. The van der Waals surface area contributed by atoms with Crippen LogP contribution in [0.4, 0.5) is 4.79 Å². The molecule has 3 aromatic rings. The van der Waals surface area contributed by atoms with Gasteiger partial charge in [-0.2, -0.15) is 5.10 Å². The second kappa shape index (κ2) is 10.1. The monoisotopic (exact) mass is 511 g/mol. The van der Waals surface area contributed by atoms with E-state index in [1.165, 1.54) is 0 Å². The summed E-state index contributed by atoms with van der Waals surface area (Å²) in [5.74, 6) is 5.90. The minimum absolute atomic E-state index is 0.0126. The molecule has 1 saturated heterocycles. The summed E-state index contributed by atoms with van der Waals surface area (Å²) >= 11 is 0. The number of nitrogens with zero attached hydrogens (tertiary/aromatic N) is 3. The van der Waals surface area contributed by atoms with E-state index in [-0.39, 0.29) is 19.1 Å². The molecule has 5 rings (SSSR count). The van der Waals surface area contributed by atoms with Crippen LogP contribution in [0.2, 0.25) is 0 Å². The molecule has 1 aromatic heterocycles. The molecule has 0 radical (unpaired) electrons. The van der Waals surface area contributed by atoms with E-state index in [2.05, 4.69) is 41.4 Å². The van der Waals surface area contributed by atoms with Gasteiger partial charge in [0, 0.05) is 30.4 Å². The Morgan fingerprint density at radius 3 is 2.58 bits per heavy atom. The van der Waals surface area contributed by atoms with Crippen LogP contribution >= 0.6 is 0 Å². The van der Waals surface area contributed by atoms with E-state index in [0.717, 1.165) is 23.2 Å². The van der Waals surface area contributed by atoms with Crippen LogP contribution in [0.25, 0.3) is 11.1 Å². The van der Waals surface area contributed by atoms with E-state index in [9.17, 15) is 14.4 Å². The maximum absolute atomic E-state index is 13.3. The minimum Gasteiger partial charge on any atom is -0.481 e. The van der Waals surface area contributed by atoms with Crippen molar-refractivity contribution in [1.29, 1.82) is 0 Å². The first-order valence-corrected chi connectivity index (χ1v) is 12.5. The lowest BCUT2D eigenvalue weighted by atomic mass is 9.88. The summed E-state index contributed by atoms with van der Waals surface area (Å²) in [4.78, 5) is 40.4. The molecule has 2 N–H and O–H groups in total. The summed E-state index contributed by atoms with van der Waals surface area (Å²) in [6, 6.07) is 12.2. The van der Waals surface area contributed by atoms with Crippen molar-refractivity contribution >= 4 is 17.8 Å². The summed E-state index contributed by atoms with van der Waals surface area (Å²) < 4.78 is 7.51. The molecule has 0 saturated carbocycles. The second-order valence-corrected chi connectivity index (χ2v) is 9.93. The number of ether oxygens (including phenoxy) is 1. The first-order valence-electron chi connectivity index (χ1n) is 12.5. The fourth-order valence-corrected chi connectivity index (χ4v) is 4.87. The molecular formula is C29H29N5O4. The Morgan fingerprint density at radius 2 is 1.89 bits per heavy atom. The lowest BCUT2D eigenvalue weighted by Gasteiger charge is -2.31. The zero-order valence-corrected chi connectivity index (χ0v) is 21.6. The van der Waals surface area contributed by atoms with Gasteiger partial charge < -0.3 is 15.0 Å². The van der Waals surface area contributed by atoms with Gasteiger partial charge in [0.15, 0.2) is 5.54 Å². The van der Waals surface area contributed by atoms with Gasteiger partial charge in [-0.1, -0.05) is 50.1 Å². The van der Waals surface area contributed by atoms with Gasteiger partial charge in [-0.15, -0.1) is 5.92 Å². The van der Waals surface area contributed by atoms with Crippen molar-refractivity contribution in [2.45, 2.75) is 39.4 Å². The normalized spacial score (nSPS) is 18.2. The summed E-state index contributed by atoms with van der Waals surface area (Å²) in [6.45, 7) is 7.36. The number of benzene rings is 2. The zero-order valence-electron chi connectivity index (χ0n) is 21.6. The van der Waals surface area contributed by atoms with Crippen LogP contribution in [0.3, 0.4) is 0 Å². The highest BCUT2D eigenvalue weighted by Crippen LogP contribution is 2.33. The lowest BCUT2D eigenvalue weighted by Crippen LogP contribution is -2.52. The van der Waals surface area contributed by atoms with Crippen molar-refractivity contribution in [3.63, 3.8) is 0 Å². The van der Waals surface area contributed by atoms with Crippen molar-refractivity contribution in [2.75, 3.05) is 13.2 Å². The average Bonchev–Trinajstić information content (AvgIpc) is 3.56. The maximum Gasteiger partial charge on any atom is 0.322 e. The molecule has 2 aromatic carbocycles. The van der Waals surface area contributed by atoms with Gasteiger partial charge in [0.1, 0.15) is 12.4 Å². The predicted octanol–water partition coefficient (Wildman–Crippen LogP) is 3.30. The van der Waals surface area contributed by atoms with Crippen molar-refractivity contribution in [1.82, 2.24) is 25.3 Å². The summed E-state index contributed by atoms with van der Waals surface area (Å²) in [5, 5.41) is 9.56. The van der Waals surface area contributed by atoms with Crippen molar-refractivity contribution < 1.29 is 19.1 Å². The average molecular weight is 512 g/mol. The number of carbonyl (C=O) groups excluding carboxylic acids is 3. The fraction of sp³-hybridized carbons (Fsp3) is 0.310. The minimum atomic E-state index is -1.41. The number of amides is 4. The number of aromatic nitrogens is 2. The van der Waals surface area contributed by atoms with Gasteiger partial charge in [-0.3, -0.25) is 19.6 Å². The Labute approximate surface area is 221 Å². The SMILES string of the molecule is CC#CCOc1ccc2c(c1)C(=O)N(C[C@@]1(c3ccc(-c4cnn(CC(C)C)c4)cc3)NC(=O)NC1=O)C2. The van der Waals surface area contributed by atoms with Crippen molar-refractivity contribution in [2.24, 2.45) is 5.92 Å². The second-order valence-electron chi connectivity index (χ2n) is 9.93. The van der Waals surface area contributed by atoms with Gasteiger partial charge in [0.25, 0.3) is 11.8 Å². The third-order valence-corrected chi connectivity index (χ3v) is 6.71. The zero-order chi connectivity index (χ0) is 26.9. The molecule has 0 bridgehead atoms. The van der Waals surface area contributed by atoms with E-state index < -0.39 is 17.5 Å². The number of fused-ring (bicyclic) bond motifs is 1. The molecular weight excluding hydrogens is 482 g/mol. The van der Waals surface area contributed by atoms with Crippen molar-refractivity contribution in [3.05, 3.63) is 71.5 Å². The van der Waals surface area contributed by atoms with Gasteiger partial charge in [0.05, 0.1) is 12.7 Å². The highest BCUT2D eigenvalue weighted by molar-refractivity contribution is 6.08. The molecule has 1 atom stereocenters. The Kier molecular flexibility index (Phi) is 6.64. The van der Waals surface area contributed by atoms with E-state index in [4.69, 9.17) is 4.74 Å². The van der Waals surface area contributed by atoms with Crippen LogP contribution in [-0.2, 0) is 23.4 Å². The number of nitrogens with one attached hydrogen (secondary N) is 2. The number of imide groups is 1. The quantitative estimate of drug-likeness (QED) is 0.357. The number of urea groups is 1. The largest absolute Gasteiger partial charge is 0.481 e. The van der Waals surface area contributed by atoms with Crippen LogP contribution in [0.15, 0.2) is 54.9 Å². The summed E-state index contributed by atoms with van der Waals surface area (Å²) in [6.07, 6.45) is 3.80. The number of hydrogen-bond donors (Lipinski definition) is 2. The van der Waals surface area contributed by atoms with Crippen LogP contribution in [-0.4, -0.2) is 45.7 Å².